The zero-order valence-electron chi connectivity index (χ0n) is 17.5. The molecule has 8 heteroatoms. The van der Waals surface area contributed by atoms with Gasteiger partial charge in [-0.05, 0) is 60.9 Å². The molecule has 164 valence electrons. The van der Waals surface area contributed by atoms with Crippen LogP contribution < -0.4 is 16.2 Å². The molecule has 2 N–H and O–H groups in total. The van der Waals surface area contributed by atoms with Crippen LogP contribution in [-0.2, 0) is 13.1 Å². The first kappa shape index (κ1) is 20.2. The number of hydrogen-bond donors (Lipinski definition) is 2. The molecular weight excluding hydrogens is 409 g/mol. The summed E-state index contributed by atoms with van der Waals surface area (Å²) in [5, 5.41) is 6.05. The van der Waals surface area contributed by atoms with Crippen molar-refractivity contribution >= 4 is 17.4 Å². The maximum Gasteiger partial charge on any atom is 0.321 e. The monoisotopic (exact) mass is 433 g/mol. The van der Waals surface area contributed by atoms with Gasteiger partial charge in [0.05, 0.1) is 12.2 Å². The Bertz CT molecular complexity index is 1180. The molecule has 2 amide bonds. The predicted octanol–water partition coefficient (Wildman–Crippen LogP) is 3.65. The van der Waals surface area contributed by atoms with Crippen molar-refractivity contribution in [3.63, 3.8) is 0 Å². The van der Waals surface area contributed by atoms with Gasteiger partial charge in [-0.15, -0.1) is 0 Å². The summed E-state index contributed by atoms with van der Waals surface area (Å²) < 4.78 is 15.0. The molecule has 5 rings (SSSR count). The first-order valence-electron chi connectivity index (χ1n) is 10.8. The van der Waals surface area contributed by atoms with Crippen LogP contribution in [0.15, 0.2) is 65.6 Å². The molecule has 1 saturated heterocycles. The van der Waals surface area contributed by atoms with Gasteiger partial charge in [-0.25, -0.2) is 9.18 Å². The van der Waals surface area contributed by atoms with Crippen LogP contribution in [0.1, 0.15) is 23.7 Å². The summed E-state index contributed by atoms with van der Waals surface area (Å²) in [5.74, 6) is -0.0191. The number of urea groups is 1. The molecule has 2 atom stereocenters. The van der Waals surface area contributed by atoms with Crippen LogP contribution in [0.3, 0.4) is 0 Å². The number of benzene rings is 1. The Morgan fingerprint density at radius 3 is 2.69 bits per heavy atom. The first-order valence-corrected chi connectivity index (χ1v) is 10.8. The molecule has 2 aromatic heterocycles. The van der Waals surface area contributed by atoms with Crippen molar-refractivity contribution in [2.75, 3.05) is 23.7 Å². The second-order valence-corrected chi connectivity index (χ2v) is 8.40. The number of hydrogen-bond acceptors (Lipinski definition) is 4. The second kappa shape index (κ2) is 8.45. The number of amides is 2. The van der Waals surface area contributed by atoms with Crippen molar-refractivity contribution in [3.8, 4) is 0 Å². The maximum atomic E-state index is 13.1. The molecule has 0 radical (unpaired) electrons. The molecule has 7 nitrogen and oxygen atoms in total. The Morgan fingerprint density at radius 1 is 1.06 bits per heavy atom. The Morgan fingerprint density at radius 2 is 1.91 bits per heavy atom. The van der Waals surface area contributed by atoms with Crippen LogP contribution >= 0.6 is 0 Å². The minimum Gasteiger partial charge on any atom is -0.375 e. The van der Waals surface area contributed by atoms with E-state index in [2.05, 4.69) is 15.6 Å². The van der Waals surface area contributed by atoms with Gasteiger partial charge in [0.15, 0.2) is 0 Å². The van der Waals surface area contributed by atoms with Crippen LogP contribution in [0.5, 0.6) is 0 Å². The fourth-order valence-electron chi connectivity index (χ4n) is 4.67. The number of fused-ring (bicyclic) bond motifs is 4. The number of carbonyl (C=O) groups excluding carboxylic acids is 1. The number of nitrogens with zero attached hydrogens (tertiary/aromatic N) is 3. The minimum absolute atomic E-state index is 0.0302. The van der Waals surface area contributed by atoms with Gasteiger partial charge in [-0.1, -0.05) is 6.07 Å². The van der Waals surface area contributed by atoms with E-state index in [1.54, 1.807) is 23.2 Å². The predicted molar refractivity (Wildman–Crippen MR) is 120 cm³/mol. The zero-order valence-corrected chi connectivity index (χ0v) is 17.5. The van der Waals surface area contributed by atoms with E-state index in [4.69, 9.17) is 0 Å². The smallest absolute Gasteiger partial charge is 0.321 e. The molecule has 2 bridgehead atoms. The molecule has 0 saturated carbocycles. The highest BCUT2D eigenvalue weighted by Gasteiger charge is 2.36. The van der Waals surface area contributed by atoms with Crippen molar-refractivity contribution in [2.45, 2.75) is 25.4 Å². The zero-order chi connectivity index (χ0) is 22.1. The third kappa shape index (κ3) is 4.08. The van der Waals surface area contributed by atoms with Gasteiger partial charge in [-0.3, -0.25) is 9.78 Å². The number of likely N-dealkylation sites (tertiary alicyclic amines) is 1. The molecule has 32 heavy (non-hydrogen) atoms. The summed E-state index contributed by atoms with van der Waals surface area (Å²) in [6.45, 7) is 2.20. The van der Waals surface area contributed by atoms with Gasteiger partial charge >= 0.3 is 6.03 Å². The highest BCUT2D eigenvalue weighted by molar-refractivity contribution is 5.89. The molecule has 1 fully saturated rings. The largest absolute Gasteiger partial charge is 0.375 e. The Kier molecular flexibility index (Phi) is 5.34. The summed E-state index contributed by atoms with van der Waals surface area (Å²) >= 11 is 0. The molecule has 1 aromatic carbocycles. The van der Waals surface area contributed by atoms with Crippen LogP contribution in [-0.4, -0.2) is 33.6 Å². The van der Waals surface area contributed by atoms with Crippen molar-refractivity contribution in [1.29, 1.82) is 0 Å². The van der Waals surface area contributed by atoms with Crippen LogP contribution in [0.25, 0.3) is 0 Å². The molecule has 0 aliphatic carbocycles. The standard InChI is InChI=1S/C24H24FN5O2/c25-18-4-6-19(7-5-18)28-24(32)29-13-16-11-17(15-29)22-9-8-21(23(31)30(22)14-16)27-12-20-3-1-2-10-26-20/h1-10,16-17,27H,11-15H2,(H,28,32). The second-order valence-electron chi connectivity index (χ2n) is 8.40. The fourth-order valence-corrected chi connectivity index (χ4v) is 4.67. The normalized spacial score (nSPS) is 19.2. The number of aromatic nitrogens is 2. The number of piperidine rings is 1. The van der Waals surface area contributed by atoms with E-state index in [1.165, 1.54) is 12.1 Å². The lowest BCUT2D eigenvalue weighted by Crippen LogP contribution is -2.50. The van der Waals surface area contributed by atoms with E-state index in [-0.39, 0.29) is 29.2 Å². The lowest BCUT2D eigenvalue weighted by molar-refractivity contribution is 0.139. The number of rotatable bonds is 4. The third-order valence-electron chi connectivity index (χ3n) is 6.17. The van der Waals surface area contributed by atoms with Gasteiger partial charge < -0.3 is 20.1 Å². The number of anilines is 2. The Labute approximate surface area is 184 Å². The van der Waals surface area contributed by atoms with Crippen molar-refractivity contribution in [1.82, 2.24) is 14.5 Å². The maximum absolute atomic E-state index is 13.1. The molecular formula is C24H24FN5O2. The summed E-state index contributed by atoms with van der Waals surface area (Å²) in [6.07, 6.45) is 2.69. The topological polar surface area (TPSA) is 79.3 Å². The number of carbonyl (C=O) groups is 1. The van der Waals surface area contributed by atoms with Gasteiger partial charge in [0, 0.05) is 43.1 Å². The Balaban J connectivity index is 1.30. The van der Waals surface area contributed by atoms with E-state index in [0.717, 1.165) is 17.8 Å². The van der Waals surface area contributed by atoms with Crippen molar-refractivity contribution < 1.29 is 9.18 Å². The highest BCUT2D eigenvalue weighted by Crippen LogP contribution is 2.35. The van der Waals surface area contributed by atoms with E-state index >= 15 is 0 Å². The molecule has 0 spiro atoms. The van der Waals surface area contributed by atoms with Crippen molar-refractivity contribution in [2.24, 2.45) is 5.92 Å². The average Bonchev–Trinajstić information content (AvgIpc) is 2.81. The summed E-state index contributed by atoms with van der Waals surface area (Å²) in [4.78, 5) is 32.0. The van der Waals surface area contributed by atoms with Gasteiger partial charge in [0.2, 0.25) is 0 Å². The summed E-state index contributed by atoms with van der Waals surface area (Å²) in [5.41, 5.74) is 2.93. The molecule has 2 aliphatic heterocycles. The molecule has 2 aliphatic rings. The third-order valence-corrected chi connectivity index (χ3v) is 6.17. The van der Waals surface area contributed by atoms with Gasteiger partial charge in [-0.2, -0.15) is 0 Å². The number of halogens is 1. The SMILES string of the molecule is O=C(Nc1ccc(F)cc1)N1CC2CC(C1)c1ccc(NCc3ccccn3)c(=O)n1C2. The first-order chi connectivity index (χ1) is 15.6. The Hall–Kier alpha value is -3.68. The van der Waals surface area contributed by atoms with E-state index in [0.29, 0.717) is 37.6 Å². The van der Waals surface area contributed by atoms with E-state index in [9.17, 15) is 14.0 Å². The quantitative estimate of drug-likeness (QED) is 0.658. The van der Waals surface area contributed by atoms with Crippen LogP contribution in [0, 0.1) is 11.7 Å². The van der Waals surface area contributed by atoms with Crippen LogP contribution in [0.4, 0.5) is 20.6 Å². The average molecular weight is 433 g/mol. The van der Waals surface area contributed by atoms with Crippen molar-refractivity contribution in [3.05, 3.63) is 88.4 Å². The number of nitrogens with one attached hydrogen (secondary N) is 2. The molecule has 2 unspecified atom stereocenters. The van der Waals surface area contributed by atoms with Gasteiger partial charge in [0.25, 0.3) is 5.56 Å². The van der Waals surface area contributed by atoms with Gasteiger partial charge in [0.1, 0.15) is 11.5 Å². The fraction of sp³-hybridized carbons (Fsp3) is 0.292. The van der Waals surface area contributed by atoms with Crippen LogP contribution in [0.2, 0.25) is 0 Å². The lowest BCUT2D eigenvalue weighted by atomic mass is 9.83. The number of pyridine rings is 2. The summed E-state index contributed by atoms with van der Waals surface area (Å²) in [6, 6.07) is 15.1. The van der Waals surface area contributed by atoms with E-state index in [1.807, 2.05) is 34.9 Å². The molecule has 3 aromatic rings. The lowest BCUT2D eigenvalue weighted by Gasteiger charge is -2.42. The summed E-state index contributed by atoms with van der Waals surface area (Å²) in [7, 11) is 0. The highest BCUT2D eigenvalue weighted by atomic mass is 19.1. The molecule has 4 heterocycles. The minimum atomic E-state index is -0.341. The van der Waals surface area contributed by atoms with E-state index < -0.39 is 0 Å².